The minimum Gasteiger partial charge on any atom is -0.444 e. The van der Waals surface area contributed by atoms with Gasteiger partial charge in [0.1, 0.15) is 17.7 Å². The summed E-state index contributed by atoms with van der Waals surface area (Å²) in [6, 6.07) is 24.5. The van der Waals surface area contributed by atoms with Gasteiger partial charge in [-0.15, -0.1) is 0 Å². The summed E-state index contributed by atoms with van der Waals surface area (Å²) in [5.74, 6) is -0.669. The molecule has 0 aliphatic carbocycles. The van der Waals surface area contributed by atoms with Crippen molar-refractivity contribution in [3.8, 4) is 0 Å². The largest absolute Gasteiger partial charge is 0.444 e. The summed E-state index contributed by atoms with van der Waals surface area (Å²) in [6.07, 6.45) is 1.09. The summed E-state index contributed by atoms with van der Waals surface area (Å²) in [7, 11) is 0. The molecule has 0 radical (unpaired) electrons. The average Bonchev–Trinajstić information content (AvgIpc) is 2.91. The Morgan fingerprint density at radius 2 is 1.48 bits per heavy atom. The van der Waals surface area contributed by atoms with Crippen LogP contribution in [0.1, 0.15) is 63.3 Å². The van der Waals surface area contributed by atoms with Crippen molar-refractivity contribution < 1.29 is 19.1 Å². The zero-order valence-corrected chi connectivity index (χ0v) is 24.1. The van der Waals surface area contributed by atoms with E-state index in [1.165, 1.54) is 0 Å². The van der Waals surface area contributed by atoms with Crippen LogP contribution < -0.4 is 10.6 Å². The van der Waals surface area contributed by atoms with Crippen LogP contribution in [0.4, 0.5) is 10.5 Å². The molecule has 3 aromatic carbocycles. The van der Waals surface area contributed by atoms with E-state index in [1.807, 2.05) is 98.8 Å². The van der Waals surface area contributed by atoms with E-state index in [0.717, 1.165) is 17.5 Å². The van der Waals surface area contributed by atoms with Gasteiger partial charge in [0.15, 0.2) is 0 Å². The van der Waals surface area contributed by atoms with Crippen molar-refractivity contribution in [2.24, 2.45) is 0 Å². The SMILES string of the molecule is CCCCN(C(=O)C(Cc1ccccc1)NC(=O)OC(C)(C)C)C(C(=O)Nc1ccccc1C)c1ccccc1. The highest BCUT2D eigenvalue weighted by molar-refractivity contribution is 5.99. The van der Waals surface area contributed by atoms with E-state index >= 15 is 0 Å². The van der Waals surface area contributed by atoms with E-state index in [9.17, 15) is 14.4 Å². The quantitative estimate of drug-likeness (QED) is 0.291. The van der Waals surface area contributed by atoms with Gasteiger partial charge in [-0.05, 0) is 56.9 Å². The number of nitrogens with one attached hydrogen (secondary N) is 2. The fourth-order valence-corrected chi connectivity index (χ4v) is 4.42. The van der Waals surface area contributed by atoms with E-state index in [0.29, 0.717) is 24.2 Å². The Kier molecular flexibility index (Phi) is 10.9. The molecule has 40 heavy (non-hydrogen) atoms. The van der Waals surface area contributed by atoms with E-state index < -0.39 is 23.8 Å². The minimum absolute atomic E-state index is 0.252. The van der Waals surface area contributed by atoms with Gasteiger partial charge in [0.25, 0.3) is 5.91 Å². The van der Waals surface area contributed by atoms with Crippen LogP contribution in [0.5, 0.6) is 0 Å². The minimum atomic E-state index is -0.938. The molecule has 2 atom stereocenters. The first-order chi connectivity index (χ1) is 19.1. The van der Waals surface area contributed by atoms with Gasteiger partial charge in [-0.3, -0.25) is 9.59 Å². The highest BCUT2D eigenvalue weighted by Gasteiger charge is 2.36. The van der Waals surface area contributed by atoms with Crippen molar-refractivity contribution in [2.75, 3.05) is 11.9 Å². The Morgan fingerprint density at radius 3 is 2.08 bits per heavy atom. The number of rotatable bonds is 11. The van der Waals surface area contributed by atoms with Crippen molar-refractivity contribution in [3.05, 3.63) is 102 Å². The molecule has 3 rings (SSSR count). The topological polar surface area (TPSA) is 87.7 Å². The Bertz CT molecular complexity index is 1260. The van der Waals surface area contributed by atoms with Gasteiger partial charge in [-0.2, -0.15) is 0 Å². The van der Waals surface area contributed by atoms with Crippen LogP contribution >= 0.6 is 0 Å². The maximum atomic E-state index is 14.4. The average molecular weight is 544 g/mol. The number of nitrogens with zero attached hydrogens (tertiary/aromatic N) is 1. The molecule has 0 saturated heterocycles. The van der Waals surface area contributed by atoms with Crippen molar-refractivity contribution in [2.45, 2.75) is 71.6 Å². The molecule has 0 aliphatic heterocycles. The second-order valence-corrected chi connectivity index (χ2v) is 10.9. The highest BCUT2D eigenvalue weighted by Crippen LogP contribution is 2.26. The first kappa shape index (κ1) is 30.4. The molecule has 3 amide bonds. The normalized spacial score (nSPS) is 12.6. The van der Waals surface area contributed by atoms with Gasteiger partial charge in [-0.25, -0.2) is 4.79 Å². The summed E-state index contributed by atoms with van der Waals surface area (Å²) in [6.45, 7) is 9.62. The molecule has 0 aliphatic rings. The van der Waals surface area contributed by atoms with Crippen LogP contribution in [0.15, 0.2) is 84.9 Å². The Hall–Kier alpha value is -4.13. The second-order valence-electron chi connectivity index (χ2n) is 10.9. The Labute approximate surface area is 237 Å². The van der Waals surface area contributed by atoms with E-state index in [1.54, 1.807) is 25.7 Å². The summed E-state index contributed by atoms with van der Waals surface area (Å²) in [4.78, 5) is 42.8. The summed E-state index contributed by atoms with van der Waals surface area (Å²) < 4.78 is 5.50. The lowest BCUT2D eigenvalue weighted by Gasteiger charge is -2.34. The molecule has 0 fully saturated rings. The number of aryl methyl sites for hydroxylation is 1. The number of carbonyl (C=O) groups is 3. The van der Waals surface area contributed by atoms with Crippen molar-refractivity contribution >= 4 is 23.6 Å². The van der Waals surface area contributed by atoms with E-state index in [4.69, 9.17) is 4.74 Å². The predicted octanol–water partition coefficient (Wildman–Crippen LogP) is 6.44. The van der Waals surface area contributed by atoms with Gasteiger partial charge in [0.2, 0.25) is 5.91 Å². The third-order valence-electron chi connectivity index (χ3n) is 6.39. The van der Waals surface area contributed by atoms with Gasteiger partial charge in [0.05, 0.1) is 0 Å². The summed E-state index contributed by atoms with van der Waals surface area (Å²) in [5, 5.41) is 5.83. The molecule has 0 spiro atoms. The zero-order chi connectivity index (χ0) is 29.1. The molecule has 0 aromatic heterocycles. The smallest absolute Gasteiger partial charge is 0.408 e. The number of carbonyl (C=O) groups excluding carboxylic acids is 3. The fourth-order valence-electron chi connectivity index (χ4n) is 4.42. The highest BCUT2D eigenvalue weighted by atomic mass is 16.6. The number of alkyl carbamates (subject to hydrolysis) is 1. The van der Waals surface area contributed by atoms with Crippen molar-refractivity contribution in [3.63, 3.8) is 0 Å². The number of para-hydroxylation sites is 1. The third-order valence-corrected chi connectivity index (χ3v) is 6.39. The number of unbranched alkanes of at least 4 members (excludes halogenated alkanes) is 1. The number of hydrogen-bond acceptors (Lipinski definition) is 4. The van der Waals surface area contributed by atoms with Gasteiger partial charge < -0.3 is 20.3 Å². The van der Waals surface area contributed by atoms with Crippen molar-refractivity contribution in [1.82, 2.24) is 10.2 Å². The lowest BCUT2D eigenvalue weighted by atomic mass is 9.99. The van der Waals surface area contributed by atoms with Crippen LogP contribution in [0, 0.1) is 6.92 Å². The third kappa shape index (κ3) is 8.97. The first-order valence-electron chi connectivity index (χ1n) is 13.8. The Balaban J connectivity index is 2.02. The first-order valence-corrected chi connectivity index (χ1v) is 13.8. The number of anilines is 1. The summed E-state index contributed by atoms with van der Waals surface area (Å²) in [5.41, 5.74) is 2.44. The lowest BCUT2D eigenvalue weighted by molar-refractivity contribution is -0.140. The van der Waals surface area contributed by atoms with E-state index in [2.05, 4.69) is 10.6 Å². The maximum absolute atomic E-state index is 14.4. The molecule has 3 aromatic rings. The number of amides is 3. The van der Waals surface area contributed by atoms with Gasteiger partial charge >= 0.3 is 6.09 Å². The lowest BCUT2D eigenvalue weighted by Crippen LogP contribution is -2.53. The molecule has 2 unspecified atom stereocenters. The molecular weight excluding hydrogens is 502 g/mol. The molecular formula is C33H41N3O4. The summed E-state index contributed by atoms with van der Waals surface area (Å²) >= 11 is 0. The number of ether oxygens (including phenoxy) is 1. The monoisotopic (exact) mass is 543 g/mol. The Morgan fingerprint density at radius 1 is 0.875 bits per heavy atom. The number of hydrogen-bond donors (Lipinski definition) is 2. The van der Waals surface area contributed by atoms with Crippen LogP contribution in [-0.4, -0.2) is 41.0 Å². The predicted molar refractivity (Wildman–Crippen MR) is 159 cm³/mol. The second kappa shape index (κ2) is 14.3. The van der Waals surface area contributed by atoms with Gasteiger partial charge in [0, 0.05) is 18.7 Å². The molecule has 7 nitrogen and oxygen atoms in total. The van der Waals surface area contributed by atoms with Gasteiger partial charge in [-0.1, -0.05) is 92.2 Å². The molecule has 2 N–H and O–H groups in total. The molecule has 0 heterocycles. The van der Waals surface area contributed by atoms with Crippen LogP contribution in [0.25, 0.3) is 0 Å². The molecule has 0 saturated carbocycles. The van der Waals surface area contributed by atoms with Crippen LogP contribution in [-0.2, 0) is 20.7 Å². The molecule has 212 valence electrons. The van der Waals surface area contributed by atoms with Crippen molar-refractivity contribution in [1.29, 1.82) is 0 Å². The van der Waals surface area contributed by atoms with E-state index in [-0.39, 0.29) is 18.2 Å². The zero-order valence-electron chi connectivity index (χ0n) is 24.1. The molecule has 0 bridgehead atoms. The maximum Gasteiger partial charge on any atom is 0.408 e. The fraction of sp³-hybridized carbons (Fsp3) is 0.364. The van der Waals surface area contributed by atoms with Crippen LogP contribution in [0.2, 0.25) is 0 Å². The molecule has 7 heteroatoms. The number of benzene rings is 3. The standard InChI is InChI=1S/C33H41N3O4/c1-6-7-22-36(29(26-19-12-9-13-20-26)30(37)34-27-21-15-14-16-24(27)2)31(38)28(23-25-17-10-8-11-18-25)35-32(39)40-33(3,4)5/h8-21,28-29H,6-7,22-23H2,1-5H3,(H,34,37)(H,35,39). The van der Waals surface area contributed by atoms with Crippen LogP contribution in [0.3, 0.4) is 0 Å².